The fraction of sp³-hybridized carbons (Fsp3) is 0.692. The van der Waals surface area contributed by atoms with Gasteiger partial charge < -0.3 is 25.1 Å². The molecule has 2 unspecified atom stereocenters. The minimum Gasteiger partial charge on any atom is -0.394 e. The molecule has 8 heteroatoms. The molecule has 0 amide bonds. The molecule has 21 heavy (non-hydrogen) atoms. The van der Waals surface area contributed by atoms with Crippen molar-refractivity contribution in [1.82, 2.24) is 9.55 Å². The summed E-state index contributed by atoms with van der Waals surface area (Å²) >= 11 is 0. The number of anilines is 1. The summed E-state index contributed by atoms with van der Waals surface area (Å²) in [6.45, 7) is 5.14. The number of fused-ring (bicyclic) bond motifs is 1. The van der Waals surface area contributed by atoms with Crippen LogP contribution in [0.15, 0.2) is 17.1 Å². The molecule has 2 saturated heterocycles. The monoisotopic (exact) mass is 297 g/mol. The summed E-state index contributed by atoms with van der Waals surface area (Å²) in [4.78, 5) is 15.7. The first-order valence-electron chi connectivity index (χ1n) is 6.76. The summed E-state index contributed by atoms with van der Waals surface area (Å²) in [6.07, 6.45) is -0.299. The highest BCUT2D eigenvalue weighted by Gasteiger charge is 2.64. The molecule has 2 fully saturated rings. The van der Waals surface area contributed by atoms with Crippen LogP contribution in [-0.4, -0.2) is 44.9 Å². The van der Waals surface area contributed by atoms with E-state index in [4.69, 9.17) is 19.9 Å². The predicted octanol–water partition coefficient (Wildman–Crippen LogP) is -0.375. The average Bonchev–Trinajstić information content (AvgIpc) is 2.76. The second kappa shape index (κ2) is 4.51. The van der Waals surface area contributed by atoms with E-state index < -0.39 is 35.5 Å². The van der Waals surface area contributed by atoms with E-state index >= 15 is 0 Å². The van der Waals surface area contributed by atoms with Gasteiger partial charge in [-0.1, -0.05) is 0 Å². The van der Waals surface area contributed by atoms with E-state index in [1.165, 1.54) is 16.8 Å². The Morgan fingerprint density at radius 2 is 2.19 bits per heavy atom. The van der Waals surface area contributed by atoms with E-state index in [0.29, 0.717) is 0 Å². The number of aliphatic hydroxyl groups is 1. The molecule has 116 valence electrons. The van der Waals surface area contributed by atoms with E-state index in [2.05, 4.69) is 4.98 Å². The lowest BCUT2D eigenvalue weighted by molar-refractivity contribution is -0.218. The largest absolute Gasteiger partial charge is 0.394 e. The molecule has 0 spiro atoms. The van der Waals surface area contributed by atoms with Gasteiger partial charge in [-0.3, -0.25) is 4.57 Å². The van der Waals surface area contributed by atoms with E-state index in [9.17, 15) is 9.90 Å². The lowest BCUT2D eigenvalue weighted by Gasteiger charge is -2.30. The minimum absolute atomic E-state index is 0.138. The first kappa shape index (κ1) is 14.5. The molecule has 2 aliphatic heterocycles. The third-order valence-corrected chi connectivity index (χ3v) is 3.86. The van der Waals surface area contributed by atoms with Crippen molar-refractivity contribution in [2.24, 2.45) is 0 Å². The Morgan fingerprint density at radius 1 is 1.48 bits per heavy atom. The van der Waals surface area contributed by atoms with Crippen molar-refractivity contribution in [3.63, 3.8) is 0 Å². The van der Waals surface area contributed by atoms with Gasteiger partial charge in [-0.2, -0.15) is 4.98 Å². The predicted molar refractivity (Wildman–Crippen MR) is 72.3 cm³/mol. The van der Waals surface area contributed by atoms with Crippen molar-refractivity contribution in [2.45, 2.75) is 50.6 Å². The summed E-state index contributed by atoms with van der Waals surface area (Å²) in [5.74, 6) is -0.682. The Labute approximate surface area is 121 Å². The number of rotatable bonds is 2. The van der Waals surface area contributed by atoms with Crippen molar-refractivity contribution in [3.05, 3.63) is 22.7 Å². The van der Waals surface area contributed by atoms with Crippen molar-refractivity contribution in [1.29, 1.82) is 0 Å². The van der Waals surface area contributed by atoms with Gasteiger partial charge in [0.2, 0.25) is 0 Å². The third-order valence-electron chi connectivity index (χ3n) is 3.86. The molecule has 0 bridgehead atoms. The molecule has 0 radical (unpaired) electrons. The Hall–Kier alpha value is -1.48. The number of nitrogen functional groups attached to an aromatic ring is 1. The highest BCUT2D eigenvalue weighted by atomic mass is 16.8. The van der Waals surface area contributed by atoms with Crippen LogP contribution in [0.5, 0.6) is 0 Å². The van der Waals surface area contributed by atoms with Gasteiger partial charge in [0.1, 0.15) is 23.6 Å². The van der Waals surface area contributed by atoms with Crippen LogP contribution < -0.4 is 11.4 Å². The molecule has 1 aromatic rings. The van der Waals surface area contributed by atoms with Gasteiger partial charge in [0.15, 0.2) is 12.0 Å². The summed E-state index contributed by atoms with van der Waals surface area (Å²) in [6, 6.07) is 1.51. The maximum atomic E-state index is 12.0. The molecule has 3 rings (SSSR count). The molecular weight excluding hydrogens is 278 g/mol. The number of aromatic nitrogens is 2. The van der Waals surface area contributed by atoms with Crippen LogP contribution in [-0.2, 0) is 14.2 Å². The van der Waals surface area contributed by atoms with Crippen molar-refractivity contribution >= 4 is 5.82 Å². The van der Waals surface area contributed by atoms with Gasteiger partial charge in [0.05, 0.1) is 6.61 Å². The smallest absolute Gasteiger partial charge is 0.351 e. The fourth-order valence-corrected chi connectivity index (χ4v) is 3.13. The van der Waals surface area contributed by atoms with Crippen LogP contribution >= 0.6 is 0 Å². The zero-order valence-electron chi connectivity index (χ0n) is 12.1. The van der Waals surface area contributed by atoms with Crippen molar-refractivity contribution < 1.29 is 19.3 Å². The van der Waals surface area contributed by atoms with Crippen LogP contribution in [0.4, 0.5) is 5.82 Å². The minimum atomic E-state index is -0.904. The van der Waals surface area contributed by atoms with Crippen LogP contribution in [0.3, 0.4) is 0 Å². The highest BCUT2D eigenvalue weighted by Crippen LogP contribution is 2.50. The maximum absolute atomic E-state index is 12.0. The molecule has 2 aliphatic rings. The standard InChI is InChI=1S/C13H19N3O5/c1-12(2)20-9-7(6-17)19-10(13(9,3)21-12)16-5-4-8(14)15-11(16)18/h4-5,7,9-10,17H,6H2,1-3H3,(H2,14,15,18)/t7-,9?,10+,13?/m1/s1. The summed E-state index contributed by atoms with van der Waals surface area (Å²) in [5, 5.41) is 9.49. The van der Waals surface area contributed by atoms with Crippen molar-refractivity contribution in [3.8, 4) is 0 Å². The summed E-state index contributed by atoms with van der Waals surface area (Å²) in [7, 11) is 0. The number of ether oxygens (including phenoxy) is 3. The zero-order valence-corrected chi connectivity index (χ0v) is 12.1. The van der Waals surface area contributed by atoms with Crippen LogP contribution in [0.25, 0.3) is 0 Å². The summed E-state index contributed by atoms with van der Waals surface area (Å²) in [5.41, 5.74) is 4.06. The Balaban J connectivity index is 2.05. The number of hydrogen-bond acceptors (Lipinski definition) is 7. The maximum Gasteiger partial charge on any atom is 0.351 e. The first-order chi connectivity index (χ1) is 9.77. The molecule has 3 N–H and O–H groups in total. The molecule has 8 nitrogen and oxygen atoms in total. The van der Waals surface area contributed by atoms with E-state index in [0.717, 1.165) is 0 Å². The number of aliphatic hydroxyl groups excluding tert-OH is 1. The molecule has 0 aromatic carbocycles. The molecule has 1 aromatic heterocycles. The van der Waals surface area contributed by atoms with E-state index in [1.807, 2.05) is 0 Å². The van der Waals surface area contributed by atoms with Gasteiger partial charge in [-0.05, 0) is 26.8 Å². The van der Waals surface area contributed by atoms with Gasteiger partial charge in [-0.25, -0.2) is 4.79 Å². The van der Waals surface area contributed by atoms with Gasteiger partial charge in [-0.15, -0.1) is 0 Å². The molecule has 0 aliphatic carbocycles. The van der Waals surface area contributed by atoms with Crippen LogP contribution in [0.1, 0.15) is 27.0 Å². The SMILES string of the molecule is CC1(C)OC2[C@@H](CO)O[C@H](n3ccc(N)nc3=O)C2(C)O1. The number of hydrogen-bond donors (Lipinski definition) is 2. The molecule has 4 atom stereocenters. The van der Waals surface area contributed by atoms with Gasteiger partial charge in [0.25, 0.3) is 0 Å². The highest BCUT2D eigenvalue weighted by molar-refractivity contribution is 5.24. The molecular formula is C13H19N3O5. The van der Waals surface area contributed by atoms with Gasteiger partial charge >= 0.3 is 5.69 Å². The van der Waals surface area contributed by atoms with E-state index in [1.54, 1.807) is 20.8 Å². The topological polar surface area (TPSA) is 109 Å². The molecule has 3 heterocycles. The van der Waals surface area contributed by atoms with E-state index in [-0.39, 0.29) is 12.4 Å². The quantitative estimate of drug-likeness (QED) is 0.766. The third kappa shape index (κ3) is 2.15. The number of nitrogens with two attached hydrogens (primary N) is 1. The molecule has 0 saturated carbocycles. The average molecular weight is 297 g/mol. The van der Waals surface area contributed by atoms with Crippen LogP contribution in [0.2, 0.25) is 0 Å². The summed E-state index contributed by atoms with van der Waals surface area (Å²) < 4.78 is 18.9. The van der Waals surface area contributed by atoms with Gasteiger partial charge in [0, 0.05) is 6.20 Å². The van der Waals surface area contributed by atoms with Crippen molar-refractivity contribution in [2.75, 3.05) is 12.3 Å². The zero-order chi connectivity index (χ0) is 15.4. The lowest BCUT2D eigenvalue weighted by Crippen LogP contribution is -2.44. The van der Waals surface area contributed by atoms with Crippen LogP contribution in [0, 0.1) is 0 Å². The normalized spacial score (nSPS) is 37.6. The Bertz CT molecular complexity index is 616. The number of nitrogens with zero attached hydrogens (tertiary/aromatic N) is 2. The fourth-order valence-electron chi connectivity index (χ4n) is 3.13. The second-order valence-electron chi connectivity index (χ2n) is 5.98. The lowest BCUT2D eigenvalue weighted by atomic mass is 9.96. The second-order valence-corrected chi connectivity index (χ2v) is 5.98. The first-order valence-corrected chi connectivity index (χ1v) is 6.76. The Morgan fingerprint density at radius 3 is 2.81 bits per heavy atom. The Kier molecular flexibility index (Phi) is 3.10.